The van der Waals surface area contributed by atoms with Gasteiger partial charge in [-0.1, -0.05) is 15.9 Å². The fourth-order valence-electron chi connectivity index (χ4n) is 3.47. The summed E-state index contributed by atoms with van der Waals surface area (Å²) >= 11 is 3.39. The third kappa shape index (κ3) is 4.57. The van der Waals surface area contributed by atoms with E-state index in [1.165, 1.54) is 4.31 Å². The van der Waals surface area contributed by atoms with E-state index in [-0.39, 0.29) is 23.3 Å². The SMILES string of the molecule is Cc1cc(S(=O)(=O)N2CCN(CC(=O)N[C@](C)(C#N)C3CC3)CC2)ccc1Br. The molecule has 9 heteroatoms. The van der Waals surface area contributed by atoms with Crippen molar-refractivity contribution in [2.45, 2.75) is 37.1 Å². The first kappa shape index (κ1) is 21.2. The third-order valence-electron chi connectivity index (χ3n) is 5.49. The number of piperazine rings is 1. The maximum atomic E-state index is 12.9. The molecule has 7 nitrogen and oxygen atoms in total. The van der Waals surface area contributed by atoms with Gasteiger partial charge >= 0.3 is 0 Å². The number of amides is 1. The number of nitrogens with zero attached hydrogens (tertiary/aromatic N) is 3. The number of nitriles is 1. The molecule has 1 aliphatic heterocycles. The van der Waals surface area contributed by atoms with Crippen molar-refractivity contribution >= 4 is 31.9 Å². The van der Waals surface area contributed by atoms with Crippen LogP contribution in [0.3, 0.4) is 0 Å². The summed E-state index contributed by atoms with van der Waals surface area (Å²) in [5, 5.41) is 12.2. The zero-order valence-electron chi connectivity index (χ0n) is 16.1. The highest BCUT2D eigenvalue weighted by molar-refractivity contribution is 9.10. The summed E-state index contributed by atoms with van der Waals surface area (Å²) in [5.41, 5.74) is 0.0643. The summed E-state index contributed by atoms with van der Waals surface area (Å²) in [6.07, 6.45) is 1.94. The molecular weight excluding hydrogens is 444 g/mol. The highest BCUT2D eigenvalue weighted by Gasteiger charge is 2.43. The fraction of sp³-hybridized carbons (Fsp3) is 0.579. The molecule has 2 aliphatic rings. The van der Waals surface area contributed by atoms with Crippen LogP contribution in [0.2, 0.25) is 0 Å². The highest BCUT2D eigenvalue weighted by atomic mass is 79.9. The van der Waals surface area contributed by atoms with Crippen molar-refractivity contribution in [3.8, 4) is 6.07 Å². The van der Waals surface area contributed by atoms with E-state index in [1.54, 1.807) is 25.1 Å². The maximum Gasteiger partial charge on any atom is 0.243 e. The number of hydrogen-bond donors (Lipinski definition) is 1. The van der Waals surface area contributed by atoms with Gasteiger partial charge in [0.1, 0.15) is 5.54 Å². The first-order chi connectivity index (χ1) is 13.2. The van der Waals surface area contributed by atoms with Crippen LogP contribution in [0, 0.1) is 24.2 Å². The first-order valence-electron chi connectivity index (χ1n) is 9.36. The molecule has 0 unspecified atom stereocenters. The van der Waals surface area contributed by atoms with Gasteiger partial charge in [-0.15, -0.1) is 0 Å². The lowest BCUT2D eigenvalue weighted by atomic mass is 9.98. The van der Waals surface area contributed by atoms with Crippen LogP contribution in [0.1, 0.15) is 25.3 Å². The Morgan fingerprint density at radius 1 is 1.32 bits per heavy atom. The van der Waals surface area contributed by atoms with Gasteiger partial charge in [-0.25, -0.2) is 8.42 Å². The lowest BCUT2D eigenvalue weighted by Crippen LogP contribution is -2.54. The Morgan fingerprint density at radius 3 is 2.50 bits per heavy atom. The minimum absolute atomic E-state index is 0.176. The third-order valence-corrected chi connectivity index (χ3v) is 8.28. The van der Waals surface area contributed by atoms with Crippen molar-refractivity contribution in [3.05, 3.63) is 28.2 Å². The summed E-state index contributed by atoms with van der Waals surface area (Å²) < 4.78 is 28.1. The highest BCUT2D eigenvalue weighted by Crippen LogP contribution is 2.39. The number of rotatable bonds is 6. The van der Waals surface area contributed by atoms with Gasteiger partial charge in [0.25, 0.3) is 0 Å². The van der Waals surface area contributed by atoms with Gasteiger partial charge in [-0.3, -0.25) is 9.69 Å². The molecule has 1 aromatic rings. The van der Waals surface area contributed by atoms with Crippen LogP contribution in [0.5, 0.6) is 0 Å². The second kappa shape index (κ2) is 8.11. The van der Waals surface area contributed by atoms with Crippen molar-refractivity contribution in [2.24, 2.45) is 5.92 Å². The van der Waals surface area contributed by atoms with Gasteiger partial charge in [0.15, 0.2) is 0 Å². The predicted molar refractivity (Wildman–Crippen MR) is 109 cm³/mol. The number of sulfonamides is 1. The number of carbonyl (C=O) groups is 1. The minimum atomic E-state index is -3.55. The van der Waals surface area contributed by atoms with E-state index in [0.29, 0.717) is 26.2 Å². The summed E-state index contributed by atoms with van der Waals surface area (Å²) in [4.78, 5) is 14.6. The van der Waals surface area contributed by atoms with Crippen LogP contribution in [0.4, 0.5) is 0 Å². The number of aryl methyl sites for hydroxylation is 1. The van der Waals surface area contributed by atoms with Crippen molar-refractivity contribution in [2.75, 3.05) is 32.7 Å². The van der Waals surface area contributed by atoms with Crippen molar-refractivity contribution in [1.82, 2.24) is 14.5 Å². The Labute approximate surface area is 174 Å². The molecule has 0 spiro atoms. The van der Waals surface area contributed by atoms with Crippen molar-refractivity contribution in [1.29, 1.82) is 5.26 Å². The second-order valence-corrected chi connectivity index (χ2v) is 10.5. The quantitative estimate of drug-likeness (QED) is 0.687. The topological polar surface area (TPSA) is 93.5 Å². The van der Waals surface area contributed by atoms with Crippen LogP contribution in [0.25, 0.3) is 0 Å². The minimum Gasteiger partial charge on any atom is -0.337 e. The zero-order valence-corrected chi connectivity index (χ0v) is 18.5. The standard InChI is InChI=1S/C19H25BrN4O3S/c1-14-11-16(5-6-17(14)20)28(26,27)24-9-7-23(8-10-24)12-18(25)22-19(2,13-21)15-3-4-15/h5-6,11,15H,3-4,7-10,12H2,1-2H3,(H,22,25)/t19-/m1/s1. The number of halogens is 1. The average Bonchev–Trinajstić information content (AvgIpc) is 3.50. The summed E-state index contributed by atoms with van der Waals surface area (Å²) in [7, 11) is -3.55. The molecule has 2 fully saturated rings. The molecule has 1 N–H and O–H groups in total. The number of benzene rings is 1. The number of nitrogens with one attached hydrogen (secondary N) is 1. The van der Waals surface area contributed by atoms with Gasteiger partial charge in [0.2, 0.25) is 15.9 Å². The largest absolute Gasteiger partial charge is 0.337 e. The first-order valence-corrected chi connectivity index (χ1v) is 11.6. The molecule has 28 heavy (non-hydrogen) atoms. The van der Waals surface area contributed by atoms with E-state index in [2.05, 4.69) is 27.3 Å². The Balaban J connectivity index is 1.56. The molecule has 1 atom stereocenters. The van der Waals surface area contributed by atoms with E-state index in [0.717, 1.165) is 22.9 Å². The molecule has 1 aliphatic carbocycles. The van der Waals surface area contributed by atoms with E-state index >= 15 is 0 Å². The molecule has 3 rings (SSSR count). The molecule has 1 heterocycles. The number of hydrogen-bond acceptors (Lipinski definition) is 5. The zero-order chi connectivity index (χ0) is 20.5. The molecule has 1 saturated carbocycles. The van der Waals surface area contributed by atoms with E-state index in [4.69, 9.17) is 0 Å². The van der Waals surface area contributed by atoms with Gasteiger partial charge in [0, 0.05) is 30.7 Å². The molecule has 152 valence electrons. The maximum absolute atomic E-state index is 12.9. The van der Waals surface area contributed by atoms with E-state index < -0.39 is 15.6 Å². The lowest BCUT2D eigenvalue weighted by Gasteiger charge is -2.34. The number of carbonyl (C=O) groups excluding carboxylic acids is 1. The van der Waals surface area contributed by atoms with Gasteiger partial charge < -0.3 is 5.32 Å². The lowest BCUT2D eigenvalue weighted by molar-refractivity contribution is -0.123. The summed E-state index contributed by atoms with van der Waals surface area (Å²) in [6, 6.07) is 7.24. The van der Waals surface area contributed by atoms with Gasteiger partial charge in [-0.2, -0.15) is 9.57 Å². The van der Waals surface area contributed by atoms with E-state index in [1.807, 2.05) is 11.8 Å². The summed E-state index contributed by atoms with van der Waals surface area (Å²) in [6.45, 7) is 5.44. The van der Waals surface area contributed by atoms with E-state index in [9.17, 15) is 18.5 Å². The molecule has 0 aromatic heterocycles. The molecule has 1 aromatic carbocycles. The van der Waals surface area contributed by atoms with Crippen LogP contribution in [-0.4, -0.2) is 61.8 Å². The van der Waals surface area contributed by atoms with Crippen LogP contribution in [0.15, 0.2) is 27.6 Å². The van der Waals surface area contributed by atoms with Crippen molar-refractivity contribution in [3.63, 3.8) is 0 Å². The Bertz CT molecular complexity index is 902. The van der Waals surface area contributed by atoms with Gasteiger partial charge in [-0.05, 0) is 56.4 Å². The molecule has 0 radical (unpaired) electrons. The molecular formula is C19H25BrN4O3S. The molecule has 1 saturated heterocycles. The molecule has 1 amide bonds. The predicted octanol–water partition coefficient (Wildman–Crippen LogP) is 1.87. The Kier molecular flexibility index (Phi) is 6.15. The summed E-state index contributed by atoms with van der Waals surface area (Å²) in [5.74, 6) is 0.0496. The van der Waals surface area contributed by atoms with Gasteiger partial charge in [0.05, 0.1) is 17.5 Å². The Morgan fingerprint density at radius 2 is 1.96 bits per heavy atom. The molecule has 0 bridgehead atoms. The normalized spacial score (nSPS) is 20.9. The van der Waals surface area contributed by atoms with Crippen LogP contribution >= 0.6 is 15.9 Å². The van der Waals surface area contributed by atoms with Crippen LogP contribution in [-0.2, 0) is 14.8 Å². The van der Waals surface area contributed by atoms with Crippen molar-refractivity contribution < 1.29 is 13.2 Å². The Hall–Kier alpha value is -1.47. The average molecular weight is 469 g/mol. The fourth-order valence-corrected chi connectivity index (χ4v) is 5.22. The van der Waals surface area contributed by atoms with Crippen LogP contribution < -0.4 is 5.32 Å². The second-order valence-electron chi connectivity index (χ2n) is 7.73. The smallest absolute Gasteiger partial charge is 0.243 e. The monoisotopic (exact) mass is 468 g/mol.